The summed E-state index contributed by atoms with van der Waals surface area (Å²) in [5, 5.41) is 4.54. The molecule has 1 heterocycles. The summed E-state index contributed by atoms with van der Waals surface area (Å²) in [4.78, 5) is 0. The van der Waals surface area contributed by atoms with Crippen molar-refractivity contribution >= 4 is 32.7 Å². The molecule has 0 saturated carbocycles. The van der Waals surface area contributed by atoms with Gasteiger partial charge >= 0.3 is 6.18 Å². The third-order valence-corrected chi connectivity index (χ3v) is 8.53. The first kappa shape index (κ1) is 27.0. The van der Waals surface area contributed by atoms with E-state index in [0.29, 0.717) is 0 Å². The van der Waals surface area contributed by atoms with Gasteiger partial charge in [-0.05, 0) is 97.7 Å². The van der Waals surface area contributed by atoms with Gasteiger partial charge in [0.1, 0.15) is 11.2 Å². The SMILES string of the molecule is FC(F)(F)c1ccc(-c2ccc(-c3ccc4cc(-c5ccc(-c6ccc7oc8ccccc8c7c6)cc5)ccc4c3)cc2)cc1. The average molecular weight is 591 g/mol. The normalized spacial score (nSPS) is 11.9. The van der Waals surface area contributed by atoms with Crippen LogP contribution in [-0.2, 0) is 6.18 Å². The van der Waals surface area contributed by atoms with E-state index in [1.165, 1.54) is 12.1 Å². The summed E-state index contributed by atoms with van der Waals surface area (Å²) in [6.45, 7) is 0. The fourth-order valence-electron chi connectivity index (χ4n) is 6.07. The van der Waals surface area contributed by atoms with E-state index >= 15 is 0 Å². The van der Waals surface area contributed by atoms with Crippen LogP contribution in [0.4, 0.5) is 13.2 Å². The number of rotatable bonds is 4. The number of fused-ring (bicyclic) bond motifs is 4. The molecule has 0 amide bonds. The largest absolute Gasteiger partial charge is 0.456 e. The van der Waals surface area contributed by atoms with E-state index in [1.54, 1.807) is 0 Å². The van der Waals surface area contributed by atoms with Crippen LogP contribution in [0.3, 0.4) is 0 Å². The molecule has 216 valence electrons. The quantitative estimate of drug-likeness (QED) is 0.199. The first-order valence-electron chi connectivity index (χ1n) is 14.7. The minimum absolute atomic E-state index is 0.642. The number of alkyl halides is 3. The first-order chi connectivity index (χ1) is 21.9. The highest BCUT2D eigenvalue weighted by atomic mass is 19.4. The third-order valence-electron chi connectivity index (χ3n) is 8.53. The highest BCUT2D eigenvalue weighted by molar-refractivity contribution is 6.06. The average Bonchev–Trinajstić information content (AvgIpc) is 3.46. The Morgan fingerprint density at radius 3 is 1.29 bits per heavy atom. The Kier molecular flexibility index (Phi) is 6.31. The van der Waals surface area contributed by atoms with Crippen molar-refractivity contribution in [1.82, 2.24) is 0 Å². The van der Waals surface area contributed by atoms with Crippen molar-refractivity contribution in [2.45, 2.75) is 6.18 Å². The Morgan fingerprint density at radius 1 is 0.356 bits per heavy atom. The lowest BCUT2D eigenvalue weighted by Gasteiger charge is -2.10. The van der Waals surface area contributed by atoms with Crippen LogP contribution in [0.1, 0.15) is 5.56 Å². The zero-order valence-electron chi connectivity index (χ0n) is 24.0. The molecule has 7 aromatic carbocycles. The molecule has 0 unspecified atom stereocenters. The molecular weight excluding hydrogens is 565 g/mol. The van der Waals surface area contributed by atoms with Crippen molar-refractivity contribution in [3.8, 4) is 44.5 Å². The highest BCUT2D eigenvalue weighted by Gasteiger charge is 2.30. The molecule has 0 atom stereocenters. The molecule has 8 rings (SSSR count). The second-order valence-electron chi connectivity index (χ2n) is 11.3. The molecule has 0 bridgehead atoms. The van der Waals surface area contributed by atoms with Crippen molar-refractivity contribution < 1.29 is 17.6 Å². The molecular formula is C41H25F3O. The molecule has 0 radical (unpaired) electrons. The number of para-hydroxylation sites is 1. The zero-order chi connectivity index (χ0) is 30.5. The van der Waals surface area contributed by atoms with Crippen LogP contribution in [-0.4, -0.2) is 0 Å². The van der Waals surface area contributed by atoms with E-state index < -0.39 is 11.7 Å². The van der Waals surface area contributed by atoms with Crippen molar-refractivity contribution in [1.29, 1.82) is 0 Å². The standard InChI is InChI=1S/C41H25F3O/c42-41(43,44)36-20-17-27(18-21-36)26-5-7-28(8-6-26)31-13-15-34-24-32(14-16-33(34)23-31)29-9-11-30(12-10-29)35-19-22-40-38(25-35)37-3-1-2-4-39(37)45-40/h1-25H. The Labute approximate surface area is 257 Å². The predicted molar refractivity (Wildman–Crippen MR) is 178 cm³/mol. The van der Waals surface area contributed by atoms with E-state index in [0.717, 1.165) is 89.4 Å². The van der Waals surface area contributed by atoms with Crippen molar-refractivity contribution in [2.24, 2.45) is 0 Å². The monoisotopic (exact) mass is 590 g/mol. The maximum Gasteiger partial charge on any atom is 0.416 e. The van der Waals surface area contributed by atoms with E-state index in [1.807, 2.05) is 48.5 Å². The van der Waals surface area contributed by atoms with Crippen LogP contribution in [0, 0.1) is 0 Å². The lowest BCUT2D eigenvalue weighted by Crippen LogP contribution is -2.03. The lowest BCUT2D eigenvalue weighted by molar-refractivity contribution is -0.137. The lowest BCUT2D eigenvalue weighted by atomic mass is 9.95. The second kappa shape index (κ2) is 10.5. The van der Waals surface area contributed by atoms with Crippen molar-refractivity contribution in [3.05, 3.63) is 157 Å². The summed E-state index contributed by atoms with van der Waals surface area (Å²) >= 11 is 0. The molecule has 0 fully saturated rings. The molecule has 0 spiro atoms. The minimum Gasteiger partial charge on any atom is -0.456 e. The molecule has 1 nitrogen and oxygen atoms in total. The Hall–Kier alpha value is -5.61. The second-order valence-corrected chi connectivity index (χ2v) is 11.3. The van der Waals surface area contributed by atoms with Crippen LogP contribution in [0.25, 0.3) is 77.2 Å². The van der Waals surface area contributed by atoms with Crippen LogP contribution < -0.4 is 0 Å². The van der Waals surface area contributed by atoms with E-state index in [-0.39, 0.29) is 0 Å². The predicted octanol–water partition coefficient (Wildman–Crippen LogP) is 12.4. The zero-order valence-corrected chi connectivity index (χ0v) is 24.0. The van der Waals surface area contributed by atoms with Gasteiger partial charge in [0.15, 0.2) is 0 Å². The van der Waals surface area contributed by atoms with Gasteiger partial charge in [-0.1, -0.05) is 109 Å². The molecule has 4 heteroatoms. The Bertz CT molecular complexity index is 2330. The van der Waals surface area contributed by atoms with Gasteiger partial charge in [-0.15, -0.1) is 0 Å². The molecule has 0 saturated heterocycles. The van der Waals surface area contributed by atoms with Gasteiger partial charge in [0.25, 0.3) is 0 Å². The van der Waals surface area contributed by atoms with E-state index in [2.05, 4.69) is 78.9 Å². The molecule has 0 aliphatic rings. The Balaban J connectivity index is 1.02. The topological polar surface area (TPSA) is 13.1 Å². The smallest absolute Gasteiger partial charge is 0.416 e. The van der Waals surface area contributed by atoms with Gasteiger partial charge in [0.05, 0.1) is 5.56 Å². The summed E-state index contributed by atoms with van der Waals surface area (Å²) in [6.07, 6.45) is -4.34. The molecule has 45 heavy (non-hydrogen) atoms. The maximum atomic E-state index is 12.9. The molecule has 8 aromatic rings. The van der Waals surface area contributed by atoms with Crippen molar-refractivity contribution in [2.75, 3.05) is 0 Å². The maximum absolute atomic E-state index is 12.9. The Morgan fingerprint density at radius 2 is 0.756 bits per heavy atom. The first-order valence-corrected chi connectivity index (χ1v) is 14.7. The van der Waals surface area contributed by atoms with Gasteiger partial charge < -0.3 is 4.42 Å². The van der Waals surface area contributed by atoms with E-state index in [4.69, 9.17) is 4.42 Å². The molecule has 0 aliphatic heterocycles. The van der Waals surface area contributed by atoms with Crippen LogP contribution >= 0.6 is 0 Å². The van der Waals surface area contributed by atoms with Crippen LogP contribution in [0.15, 0.2) is 156 Å². The molecule has 0 N–H and O–H groups in total. The summed E-state index contributed by atoms with van der Waals surface area (Å²) < 4.78 is 44.8. The van der Waals surface area contributed by atoms with Gasteiger partial charge in [-0.2, -0.15) is 13.2 Å². The van der Waals surface area contributed by atoms with Gasteiger partial charge in [0, 0.05) is 10.8 Å². The highest BCUT2D eigenvalue weighted by Crippen LogP contribution is 2.35. The number of hydrogen-bond acceptors (Lipinski definition) is 1. The number of furan rings is 1. The van der Waals surface area contributed by atoms with Gasteiger partial charge in [-0.3, -0.25) is 0 Å². The van der Waals surface area contributed by atoms with Gasteiger partial charge in [0.2, 0.25) is 0 Å². The summed E-state index contributed by atoms with van der Waals surface area (Å²) in [5.74, 6) is 0. The number of hydrogen-bond donors (Lipinski definition) is 0. The molecule has 0 aliphatic carbocycles. The fourth-order valence-corrected chi connectivity index (χ4v) is 6.07. The van der Waals surface area contributed by atoms with Crippen LogP contribution in [0.2, 0.25) is 0 Å². The number of benzene rings is 7. The number of halogens is 3. The summed E-state index contributed by atoms with van der Waals surface area (Å²) in [7, 11) is 0. The summed E-state index contributed by atoms with van der Waals surface area (Å²) in [5.41, 5.74) is 9.52. The minimum atomic E-state index is -4.34. The van der Waals surface area contributed by atoms with Crippen LogP contribution in [0.5, 0.6) is 0 Å². The van der Waals surface area contributed by atoms with Gasteiger partial charge in [-0.25, -0.2) is 0 Å². The summed E-state index contributed by atoms with van der Waals surface area (Å²) in [6, 6.07) is 49.3. The molecule has 1 aromatic heterocycles. The fraction of sp³-hybridized carbons (Fsp3) is 0.0244. The van der Waals surface area contributed by atoms with E-state index in [9.17, 15) is 13.2 Å². The van der Waals surface area contributed by atoms with Crippen molar-refractivity contribution in [3.63, 3.8) is 0 Å². The third kappa shape index (κ3) is 5.04.